The minimum atomic E-state index is -4.98. The van der Waals surface area contributed by atoms with Crippen LogP contribution in [0.3, 0.4) is 0 Å². The van der Waals surface area contributed by atoms with E-state index in [1.807, 2.05) is 0 Å². The number of aryl methyl sites for hydroxylation is 1. The Balaban J connectivity index is 1.63. The third-order valence-electron chi connectivity index (χ3n) is 4.57. The summed E-state index contributed by atoms with van der Waals surface area (Å²) in [6.07, 6.45) is 1.57. The van der Waals surface area contributed by atoms with E-state index in [9.17, 15) is 22.4 Å². The fraction of sp³-hybridized carbons (Fsp3) is 0.0870. The van der Waals surface area contributed by atoms with Crippen LogP contribution in [0.2, 0.25) is 0 Å². The maximum Gasteiger partial charge on any atom is 0.573 e. The second kappa shape index (κ2) is 9.71. The predicted molar refractivity (Wildman–Crippen MR) is 115 cm³/mol. The number of benzene rings is 1. The van der Waals surface area contributed by atoms with Crippen LogP contribution < -0.4 is 14.8 Å². The van der Waals surface area contributed by atoms with Crippen LogP contribution in [0, 0.1) is 12.7 Å². The monoisotopic (exact) mass is 485 g/mol. The molecule has 0 atom stereocenters. The molecule has 4 aromatic rings. The van der Waals surface area contributed by atoms with Gasteiger partial charge in [0.2, 0.25) is 0 Å². The Morgan fingerprint density at radius 1 is 1.00 bits per heavy atom. The van der Waals surface area contributed by atoms with Crippen molar-refractivity contribution >= 4 is 11.7 Å². The molecule has 4 rings (SSSR count). The lowest BCUT2D eigenvalue weighted by molar-refractivity contribution is -0.274. The molecule has 8 nitrogen and oxygen atoms in total. The van der Waals surface area contributed by atoms with Crippen molar-refractivity contribution in [3.63, 3.8) is 0 Å². The Bertz CT molecular complexity index is 1360. The molecule has 3 aromatic heterocycles. The van der Waals surface area contributed by atoms with Gasteiger partial charge in [0.15, 0.2) is 11.6 Å². The number of hydrogen-bond acceptors (Lipinski definition) is 7. The molecule has 0 fully saturated rings. The van der Waals surface area contributed by atoms with Crippen molar-refractivity contribution in [3.05, 3.63) is 84.3 Å². The zero-order chi connectivity index (χ0) is 25.0. The Hall–Kier alpha value is -4.61. The largest absolute Gasteiger partial charge is 0.573 e. The first-order chi connectivity index (χ1) is 16.7. The molecule has 0 aliphatic rings. The molecule has 0 saturated heterocycles. The van der Waals surface area contributed by atoms with Crippen LogP contribution in [0.4, 0.5) is 23.4 Å². The Morgan fingerprint density at radius 2 is 1.83 bits per heavy atom. The third-order valence-corrected chi connectivity index (χ3v) is 4.57. The van der Waals surface area contributed by atoms with E-state index >= 15 is 0 Å². The molecule has 0 spiro atoms. The molecule has 0 unspecified atom stereocenters. The van der Waals surface area contributed by atoms with E-state index in [0.717, 1.165) is 24.4 Å². The number of aromatic nitrogens is 4. The second-order valence-corrected chi connectivity index (χ2v) is 7.03. The van der Waals surface area contributed by atoms with Gasteiger partial charge in [0, 0.05) is 24.2 Å². The van der Waals surface area contributed by atoms with E-state index in [1.165, 1.54) is 30.7 Å². The van der Waals surface area contributed by atoms with Gasteiger partial charge >= 0.3 is 6.36 Å². The highest BCUT2D eigenvalue weighted by molar-refractivity contribution is 6.04. The van der Waals surface area contributed by atoms with Crippen molar-refractivity contribution in [2.24, 2.45) is 0 Å². The van der Waals surface area contributed by atoms with Crippen LogP contribution in [0.15, 0.2) is 67.4 Å². The molecule has 0 aliphatic heterocycles. The van der Waals surface area contributed by atoms with Gasteiger partial charge in [-0.3, -0.25) is 14.8 Å². The van der Waals surface area contributed by atoms with Crippen LogP contribution >= 0.6 is 0 Å². The van der Waals surface area contributed by atoms with E-state index in [-0.39, 0.29) is 28.7 Å². The van der Waals surface area contributed by atoms with E-state index in [1.54, 1.807) is 19.2 Å². The predicted octanol–water partition coefficient (Wildman–Crippen LogP) is 5.32. The standard InChI is InChI=1S/C23H15F4N5O3/c1-13-6-8-28-10-16(13)21(33)32-20-12-30-18(11-31-20)15-9-14(4-5-19(15)35-23(25,26)27)34-22-17(24)3-2-7-29-22/h2-12H,1H3,(H,31,32,33). The average Bonchev–Trinajstić information content (AvgIpc) is 2.81. The molecule has 0 aliphatic carbocycles. The quantitative estimate of drug-likeness (QED) is 0.369. The topological polar surface area (TPSA) is 99.1 Å². The fourth-order valence-corrected chi connectivity index (χ4v) is 2.96. The molecule has 3 heterocycles. The lowest BCUT2D eigenvalue weighted by Crippen LogP contribution is -2.18. The number of nitrogens with zero attached hydrogens (tertiary/aromatic N) is 4. The van der Waals surface area contributed by atoms with Gasteiger partial charge in [0.1, 0.15) is 11.5 Å². The summed E-state index contributed by atoms with van der Waals surface area (Å²) in [5, 5.41) is 2.54. The number of rotatable bonds is 6. The van der Waals surface area contributed by atoms with E-state index in [4.69, 9.17) is 4.74 Å². The number of anilines is 1. The fourth-order valence-electron chi connectivity index (χ4n) is 2.96. The summed E-state index contributed by atoms with van der Waals surface area (Å²) in [6.45, 7) is 1.74. The van der Waals surface area contributed by atoms with Gasteiger partial charge in [-0.15, -0.1) is 13.2 Å². The molecule has 35 heavy (non-hydrogen) atoms. The van der Waals surface area contributed by atoms with Crippen molar-refractivity contribution in [2.75, 3.05) is 5.32 Å². The number of pyridine rings is 2. The number of halogens is 4. The molecular weight excluding hydrogens is 470 g/mol. The minimum absolute atomic E-state index is 0.0154. The van der Waals surface area contributed by atoms with Crippen molar-refractivity contribution < 1.29 is 31.8 Å². The van der Waals surface area contributed by atoms with Crippen molar-refractivity contribution in [1.29, 1.82) is 0 Å². The number of hydrogen-bond donors (Lipinski definition) is 1. The number of alkyl halides is 3. The molecule has 1 aromatic carbocycles. The van der Waals surface area contributed by atoms with Gasteiger partial charge in [-0.25, -0.2) is 14.4 Å². The van der Waals surface area contributed by atoms with E-state index in [0.29, 0.717) is 11.1 Å². The maximum absolute atomic E-state index is 13.9. The summed E-state index contributed by atoms with van der Waals surface area (Å²) in [7, 11) is 0. The highest BCUT2D eigenvalue weighted by atomic mass is 19.4. The van der Waals surface area contributed by atoms with Crippen LogP contribution in [0.25, 0.3) is 11.3 Å². The highest BCUT2D eigenvalue weighted by Crippen LogP contribution is 2.37. The molecule has 12 heteroatoms. The average molecular weight is 485 g/mol. The molecule has 0 radical (unpaired) electrons. The van der Waals surface area contributed by atoms with Crippen molar-refractivity contribution in [1.82, 2.24) is 19.9 Å². The van der Waals surface area contributed by atoms with Crippen LogP contribution in [0.1, 0.15) is 15.9 Å². The number of carbonyl (C=O) groups is 1. The van der Waals surface area contributed by atoms with Gasteiger partial charge in [0.05, 0.1) is 23.7 Å². The first kappa shape index (κ1) is 23.5. The summed E-state index contributed by atoms with van der Waals surface area (Å²) >= 11 is 0. The molecule has 1 N–H and O–H groups in total. The zero-order valence-corrected chi connectivity index (χ0v) is 17.9. The van der Waals surface area contributed by atoms with Crippen molar-refractivity contribution in [2.45, 2.75) is 13.3 Å². The molecule has 178 valence electrons. The summed E-state index contributed by atoms with van der Waals surface area (Å²) in [5.41, 5.74) is 0.861. The van der Waals surface area contributed by atoms with Gasteiger partial charge in [-0.05, 0) is 48.9 Å². The van der Waals surface area contributed by atoms with E-state index in [2.05, 4.69) is 30.0 Å². The lowest BCUT2D eigenvalue weighted by atomic mass is 10.1. The van der Waals surface area contributed by atoms with Crippen LogP contribution in [-0.2, 0) is 0 Å². The molecule has 1 amide bonds. The van der Waals surface area contributed by atoms with Crippen LogP contribution in [0.5, 0.6) is 17.4 Å². The summed E-state index contributed by atoms with van der Waals surface area (Å²) in [6, 6.07) is 7.49. The Labute approximate surface area is 195 Å². The molecular formula is C23H15F4N5O3. The molecule has 0 saturated carbocycles. The zero-order valence-electron chi connectivity index (χ0n) is 17.9. The van der Waals surface area contributed by atoms with Crippen LogP contribution in [-0.4, -0.2) is 32.2 Å². The third kappa shape index (κ3) is 5.85. The normalized spacial score (nSPS) is 11.1. The number of carbonyl (C=O) groups excluding carboxylic acids is 1. The summed E-state index contributed by atoms with van der Waals surface area (Å²) in [4.78, 5) is 28.2. The van der Waals surface area contributed by atoms with Crippen molar-refractivity contribution in [3.8, 4) is 28.6 Å². The Morgan fingerprint density at radius 3 is 2.51 bits per heavy atom. The second-order valence-electron chi connectivity index (χ2n) is 7.03. The van der Waals surface area contributed by atoms with Gasteiger partial charge in [-0.2, -0.15) is 0 Å². The first-order valence-corrected chi connectivity index (χ1v) is 9.92. The lowest BCUT2D eigenvalue weighted by Gasteiger charge is -2.15. The summed E-state index contributed by atoms with van der Waals surface area (Å²) in [5.74, 6) is -2.14. The Kier molecular flexibility index (Phi) is 6.53. The first-order valence-electron chi connectivity index (χ1n) is 9.92. The smallest absolute Gasteiger partial charge is 0.436 e. The number of nitrogens with one attached hydrogen (secondary N) is 1. The minimum Gasteiger partial charge on any atom is -0.436 e. The maximum atomic E-state index is 13.9. The summed E-state index contributed by atoms with van der Waals surface area (Å²) < 4.78 is 62.1. The highest BCUT2D eigenvalue weighted by Gasteiger charge is 2.32. The van der Waals surface area contributed by atoms with Gasteiger partial charge < -0.3 is 14.8 Å². The van der Waals surface area contributed by atoms with E-state index < -0.39 is 23.8 Å². The number of ether oxygens (including phenoxy) is 2. The molecule has 0 bridgehead atoms. The SMILES string of the molecule is Cc1ccncc1C(=O)Nc1cnc(-c2cc(Oc3ncccc3F)ccc2OC(F)(F)F)cn1. The van der Waals surface area contributed by atoms with Gasteiger partial charge in [-0.1, -0.05) is 0 Å². The van der Waals surface area contributed by atoms with Gasteiger partial charge in [0.25, 0.3) is 11.8 Å². The number of amides is 1.